The van der Waals surface area contributed by atoms with E-state index < -0.39 is 0 Å². The zero-order valence-corrected chi connectivity index (χ0v) is 18.0. The van der Waals surface area contributed by atoms with E-state index >= 15 is 0 Å². The van der Waals surface area contributed by atoms with Gasteiger partial charge in [0.15, 0.2) is 5.82 Å². The molecule has 28 heavy (non-hydrogen) atoms. The van der Waals surface area contributed by atoms with Crippen molar-refractivity contribution in [2.45, 2.75) is 71.9 Å². The van der Waals surface area contributed by atoms with E-state index in [1.165, 1.54) is 37.7 Å². The second kappa shape index (κ2) is 10.1. The van der Waals surface area contributed by atoms with E-state index in [0.29, 0.717) is 6.04 Å². The van der Waals surface area contributed by atoms with E-state index in [2.05, 4.69) is 64.8 Å². The van der Waals surface area contributed by atoms with Crippen molar-refractivity contribution in [2.75, 3.05) is 25.2 Å². The molecule has 1 aliphatic carbocycles. The number of ether oxygens (including phenoxy) is 1. The molecule has 2 aromatic rings. The van der Waals surface area contributed by atoms with Crippen LogP contribution in [0.1, 0.15) is 57.9 Å². The van der Waals surface area contributed by atoms with Crippen LogP contribution in [0, 0.1) is 12.8 Å². The van der Waals surface area contributed by atoms with Crippen molar-refractivity contribution >= 4 is 5.95 Å². The third kappa shape index (κ3) is 4.75. The standard InChI is InChI=1S/C23H36N4O/c1-5-28-17-11-16-27-22(21-15-10-9-12-18(21)2)24-25-23(27)26(4)19(3)20-13-7-6-8-14-20/h9-10,12,15,19-20H,5-8,11,13-14,16-17H2,1-4H3/t19-/m0/s1. The van der Waals surface area contributed by atoms with Crippen LogP contribution in [0.5, 0.6) is 0 Å². The van der Waals surface area contributed by atoms with Gasteiger partial charge in [-0.05, 0) is 51.5 Å². The van der Waals surface area contributed by atoms with Crippen LogP contribution in [0.2, 0.25) is 0 Å². The van der Waals surface area contributed by atoms with Crippen LogP contribution in [0.4, 0.5) is 5.95 Å². The highest BCUT2D eigenvalue weighted by Gasteiger charge is 2.27. The van der Waals surface area contributed by atoms with Gasteiger partial charge < -0.3 is 9.64 Å². The number of aromatic nitrogens is 3. The van der Waals surface area contributed by atoms with E-state index in [4.69, 9.17) is 4.74 Å². The van der Waals surface area contributed by atoms with Crippen LogP contribution < -0.4 is 4.90 Å². The fraction of sp³-hybridized carbons (Fsp3) is 0.652. The Kier molecular flexibility index (Phi) is 7.49. The predicted molar refractivity (Wildman–Crippen MR) is 116 cm³/mol. The number of aryl methyl sites for hydroxylation is 1. The van der Waals surface area contributed by atoms with Gasteiger partial charge in [0.2, 0.25) is 5.95 Å². The average molecular weight is 385 g/mol. The maximum absolute atomic E-state index is 5.58. The molecule has 0 N–H and O–H groups in total. The van der Waals surface area contributed by atoms with Crippen molar-refractivity contribution in [3.8, 4) is 11.4 Å². The van der Waals surface area contributed by atoms with Gasteiger partial charge in [-0.1, -0.05) is 43.5 Å². The maximum atomic E-state index is 5.58. The lowest BCUT2D eigenvalue weighted by Crippen LogP contribution is -2.38. The molecule has 1 aromatic heterocycles. The predicted octanol–water partition coefficient (Wildman–Crippen LogP) is 5.09. The Hall–Kier alpha value is -1.88. The minimum Gasteiger partial charge on any atom is -0.382 e. The molecule has 1 aliphatic rings. The Bertz CT molecular complexity index is 736. The third-order valence-electron chi connectivity index (χ3n) is 6.25. The fourth-order valence-electron chi connectivity index (χ4n) is 4.37. The molecule has 0 bridgehead atoms. The Morgan fingerprint density at radius 1 is 1.18 bits per heavy atom. The molecule has 0 radical (unpaired) electrons. The minimum atomic E-state index is 0.472. The van der Waals surface area contributed by atoms with Crippen molar-refractivity contribution in [1.82, 2.24) is 14.8 Å². The topological polar surface area (TPSA) is 43.2 Å². The fourth-order valence-corrected chi connectivity index (χ4v) is 4.37. The summed E-state index contributed by atoms with van der Waals surface area (Å²) in [6, 6.07) is 8.91. The molecule has 0 aliphatic heterocycles. The van der Waals surface area contributed by atoms with Crippen molar-refractivity contribution in [1.29, 1.82) is 0 Å². The summed E-state index contributed by atoms with van der Waals surface area (Å²) in [5.74, 6) is 2.69. The number of anilines is 1. The first-order valence-electron chi connectivity index (χ1n) is 10.9. The number of hydrogen-bond acceptors (Lipinski definition) is 4. The number of nitrogens with zero attached hydrogens (tertiary/aromatic N) is 4. The first-order chi connectivity index (χ1) is 13.6. The van der Waals surface area contributed by atoms with Crippen LogP contribution in [0.15, 0.2) is 24.3 Å². The van der Waals surface area contributed by atoms with Crippen LogP contribution in [-0.4, -0.2) is 41.1 Å². The molecule has 5 nitrogen and oxygen atoms in total. The average Bonchev–Trinajstić information content (AvgIpc) is 3.14. The Morgan fingerprint density at radius 3 is 2.64 bits per heavy atom. The lowest BCUT2D eigenvalue weighted by atomic mass is 9.84. The maximum Gasteiger partial charge on any atom is 0.227 e. The van der Waals surface area contributed by atoms with Crippen LogP contribution in [0.3, 0.4) is 0 Å². The summed E-state index contributed by atoms with van der Waals surface area (Å²) < 4.78 is 7.87. The lowest BCUT2D eigenvalue weighted by molar-refractivity contribution is 0.142. The highest BCUT2D eigenvalue weighted by molar-refractivity contribution is 5.62. The van der Waals surface area contributed by atoms with Crippen molar-refractivity contribution in [3.05, 3.63) is 29.8 Å². The normalized spacial score (nSPS) is 16.3. The van der Waals surface area contributed by atoms with Gasteiger partial charge in [-0.2, -0.15) is 0 Å². The Labute approximate surface area is 170 Å². The van der Waals surface area contributed by atoms with Crippen LogP contribution in [-0.2, 0) is 11.3 Å². The molecule has 1 fully saturated rings. The van der Waals surface area contributed by atoms with Crippen molar-refractivity contribution in [3.63, 3.8) is 0 Å². The Morgan fingerprint density at radius 2 is 1.93 bits per heavy atom. The van der Waals surface area contributed by atoms with E-state index in [1.807, 2.05) is 6.92 Å². The van der Waals surface area contributed by atoms with Gasteiger partial charge in [0, 0.05) is 38.4 Å². The molecule has 154 valence electrons. The largest absolute Gasteiger partial charge is 0.382 e. The molecule has 1 saturated carbocycles. The Balaban J connectivity index is 1.87. The summed E-state index contributed by atoms with van der Waals surface area (Å²) in [5.41, 5.74) is 2.40. The second-order valence-corrected chi connectivity index (χ2v) is 8.09. The van der Waals surface area contributed by atoms with Gasteiger partial charge in [-0.3, -0.25) is 4.57 Å². The molecular weight excluding hydrogens is 348 g/mol. The van der Waals surface area contributed by atoms with E-state index in [0.717, 1.165) is 49.4 Å². The molecule has 1 aromatic carbocycles. The van der Waals surface area contributed by atoms with E-state index in [9.17, 15) is 0 Å². The molecule has 0 unspecified atom stereocenters. The zero-order chi connectivity index (χ0) is 19.9. The smallest absolute Gasteiger partial charge is 0.227 e. The summed E-state index contributed by atoms with van der Waals surface area (Å²) in [7, 11) is 2.18. The first-order valence-corrected chi connectivity index (χ1v) is 10.9. The van der Waals surface area contributed by atoms with Gasteiger partial charge in [0.25, 0.3) is 0 Å². The highest BCUT2D eigenvalue weighted by atomic mass is 16.5. The molecule has 0 amide bonds. The van der Waals surface area contributed by atoms with Crippen LogP contribution in [0.25, 0.3) is 11.4 Å². The molecule has 3 rings (SSSR count). The SMILES string of the molecule is CCOCCCn1c(-c2ccccc2C)nnc1N(C)[C@@H](C)C1CCCCC1. The van der Waals surface area contributed by atoms with Gasteiger partial charge in [-0.15, -0.1) is 10.2 Å². The molecule has 5 heteroatoms. The van der Waals surface area contributed by atoms with Crippen LogP contribution >= 0.6 is 0 Å². The molecular formula is C23H36N4O. The summed E-state index contributed by atoms with van der Waals surface area (Å²) in [4.78, 5) is 2.35. The van der Waals surface area contributed by atoms with Gasteiger partial charge in [0.1, 0.15) is 0 Å². The summed E-state index contributed by atoms with van der Waals surface area (Å²) in [6.45, 7) is 8.93. The van der Waals surface area contributed by atoms with Gasteiger partial charge in [-0.25, -0.2) is 0 Å². The molecule has 1 atom stereocenters. The molecule has 0 saturated heterocycles. The summed E-state index contributed by atoms with van der Waals surface area (Å²) in [5, 5.41) is 9.27. The number of rotatable bonds is 9. The monoisotopic (exact) mass is 384 g/mol. The molecule has 0 spiro atoms. The first kappa shape index (κ1) is 20.8. The second-order valence-electron chi connectivity index (χ2n) is 8.09. The highest BCUT2D eigenvalue weighted by Crippen LogP contribution is 2.32. The van der Waals surface area contributed by atoms with Gasteiger partial charge in [0.05, 0.1) is 0 Å². The van der Waals surface area contributed by atoms with Crippen molar-refractivity contribution < 1.29 is 4.74 Å². The van der Waals surface area contributed by atoms with Crippen molar-refractivity contribution in [2.24, 2.45) is 5.92 Å². The summed E-state index contributed by atoms with van der Waals surface area (Å²) in [6.07, 6.45) is 7.72. The minimum absolute atomic E-state index is 0.472. The lowest BCUT2D eigenvalue weighted by Gasteiger charge is -2.35. The van der Waals surface area contributed by atoms with E-state index in [-0.39, 0.29) is 0 Å². The number of benzene rings is 1. The van der Waals surface area contributed by atoms with E-state index in [1.54, 1.807) is 0 Å². The third-order valence-corrected chi connectivity index (χ3v) is 6.25. The molecule has 1 heterocycles. The summed E-state index contributed by atoms with van der Waals surface area (Å²) >= 11 is 0. The van der Waals surface area contributed by atoms with Gasteiger partial charge >= 0.3 is 0 Å². The zero-order valence-electron chi connectivity index (χ0n) is 18.0. The quantitative estimate of drug-likeness (QED) is 0.565. The number of hydrogen-bond donors (Lipinski definition) is 0.